The third-order valence-electron chi connectivity index (χ3n) is 7.98. The number of nitrogens with two attached hydrogens (primary N) is 1. The van der Waals surface area contributed by atoms with Crippen LogP contribution in [-0.4, -0.2) is 75.3 Å². The first-order valence-electron chi connectivity index (χ1n) is 15.7. The molecule has 0 unspecified atom stereocenters. The first-order valence-corrected chi connectivity index (χ1v) is 15.7. The number of halogens is 1. The number of carbonyl (C=O) groups excluding carboxylic acids is 3. The van der Waals surface area contributed by atoms with E-state index in [1.807, 2.05) is 13.8 Å². The molecular formula is C34H40ClN5O11. The summed E-state index contributed by atoms with van der Waals surface area (Å²) < 4.78 is 11.1. The van der Waals surface area contributed by atoms with Crippen molar-refractivity contribution in [1.82, 2.24) is 16.0 Å². The first kappa shape index (κ1) is 40.0. The van der Waals surface area contributed by atoms with Crippen LogP contribution < -0.4 is 31.2 Å². The lowest BCUT2D eigenvalue weighted by Gasteiger charge is -2.28. The van der Waals surface area contributed by atoms with Crippen molar-refractivity contribution in [2.75, 3.05) is 7.11 Å². The lowest BCUT2D eigenvalue weighted by molar-refractivity contribution is -0.385. The molecule has 0 aromatic heterocycles. The number of ether oxygens (including phenoxy) is 2. The maximum atomic E-state index is 13.9. The highest BCUT2D eigenvalue weighted by Crippen LogP contribution is 2.44. The molecule has 3 aromatic rings. The van der Waals surface area contributed by atoms with E-state index in [9.17, 15) is 44.6 Å². The zero-order valence-electron chi connectivity index (χ0n) is 27.9. The Morgan fingerprint density at radius 3 is 2.37 bits per heavy atom. The zero-order chi connectivity index (χ0) is 36.7. The van der Waals surface area contributed by atoms with Crippen molar-refractivity contribution in [3.63, 3.8) is 0 Å². The fourth-order valence-corrected chi connectivity index (χ4v) is 5.52. The number of carboxylic acid groups (broad SMARTS) is 1. The molecule has 0 fully saturated rings. The number of aliphatic hydroxyl groups excluding tert-OH is 1. The molecule has 3 amide bonds. The average Bonchev–Trinajstić information content (AvgIpc) is 3.06. The molecule has 51 heavy (non-hydrogen) atoms. The minimum Gasteiger partial charge on any atom is -0.504 e. The van der Waals surface area contributed by atoms with Crippen LogP contribution in [0.15, 0.2) is 60.7 Å². The number of amides is 3. The normalized spacial score (nSPS) is 18.7. The second-order valence-electron chi connectivity index (χ2n) is 12.3. The van der Waals surface area contributed by atoms with E-state index in [1.165, 1.54) is 19.2 Å². The SMILES string of the molecule is COc1c(O)cc2cc1Oc1ccc(cc1[N+](=O)[O-])C[C@H](NC(=O)[C@H](N)CC(C)C)C(=O)N[C@H](Cc1ccccc1)C(=O)N[C@H]2[C@H](O)C(=O)O.Cl. The maximum absolute atomic E-state index is 13.9. The summed E-state index contributed by atoms with van der Waals surface area (Å²) in [7, 11) is 1.19. The van der Waals surface area contributed by atoms with Crippen molar-refractivity contribution in [2.45, 2.75) is 63.4 Å². The highest BCUT2D eigenvalue weighted by atomic mass is 35.5. The maximum Gasteiger partial charge on any atom is 0.335 e. The Labute approximate surface area is 298 Å². The Balaban J connectivity index is 0.00000702. The van der Waals surface area contributed by atoms with Gasteiger partial charge in [-0.1, -0.05) is 50.2 Å². The monoisotopic (exact) mass is 729 g/mol. The molecule has 2 aliphatic rings. The van der Waals surface area contributed by atoms with Crippen LogP contribution >= 0.6 is 12.4 Å². The van der Waals surface area contributed by atoms with Gasteiger partial charge in [0.25, 0.3) is 0 Å². The summed E-state index contributed by atoms with van der Waals surface area (Å²) in [6, 6.07) is 9.02. The lowest BCUT2D eigenvalue weighted by atomic mass is 9.97. The van der Waals surface area contributed by atoms with E-state index >= 15 is 0 Å². The minimum absolute atomic E-state index is 0. The quantitative estimate of drug-likeness (QED) is 0.117. The summed E-state index contributed by atoms with van der Waals surface area (Å²) in [5.41, 5.74) is 6.20. The Morgan fingerprint density at radius 1 is 1.08 bits per heavy atom. The summed E-state index contributed by atoms with van der Waals surface area (Å²) in [5, 5.41) is 51.2. The predicted octanol–water partition coefficient (Wildman–Crippen LogP) is 2.27. The summed E-state index contributed by atoms with van der Waals surface area (Å²) in [6.07, 6.45) is -2.37. The van der Waals surface area contributed by atoms with Gasteiger partial charge < -0.3 is 46.5 Å². The van der Waals surface area contributed by atoms with Crippen molar-refractivity contribution >= 4 is 41.8 Å². The van der Waals surface area contributed by atoms with E-state index in [0.29, 0.717) is 12.0 Å². The molecule has 0 spiro atoms. The number of nitrogens with zero attached hydrogens (tertiary/aromatic N) is 1. The summed E-state index contributed by atoms with van der Waals surface area (Å²) in [5.74, 6) is -5.63. The number of fused-ring (bicyclic) bond motifs is 9. The number of nitro groups is 1. The van der Waals surface area contributed by atoms with Crippen molar-refractivity contribution in [1.29, 1.82) is 0 Å². The van der Waals surface area contributed by atoms with Crippen LogP contribution in [-0.2, 0) is 32.0 Å². The van der Waals surface area contributed by atoms with Crippen LogP contribution in [0.4, 0.5) is 5.69 Å². The molecule has 17 heteroatoms. The zero-order valence-corrected chi connectivity index (χ0v) is 28.7. The van der Waals surface area contributed by atoms with Crippen molar-refractivity contribution < 1.29 is 48.9 Å². The highest BCUT2D eigenvalue weighted by molar-refractivity contribution is 5.93. The first-order chi connectivity index (χ1) is 23.7. The number of aliphatic hydroxyl groups is 1. The largest absolute Gasteiger partial charge is 0.504 e. The molecule has 4 bridgehead atoms. The van der Waals surface area contributed by atoms with E-state index in [4.69, 9.17) is 15.2 Å². The molecule has 5 rings (SSSR count). The molecule has 0 saturated heterocycles. The van der Waals surface area contributed by atoms with E-state index in [0.717, 1.165) is 18.2 Å². The number of aromatic hydroxyl groups is 1. The average molecular weight is 730 g/mol. The number of hydrogen-bond acceptors (Lipinski definition) is 11. The highest BCUT2D eigenvalue weighted by Gasteiger charge is 2.35. The van der Waals surface area contributed by atoms with Crippen molar-refractivity contribution in [3.05, 3.63) is 87.5 Å². The van der Waals surface area contributed by atoms with Gasteiger partial charge >= 0.3 is 11.7 Å². The Hall–Kier alpha value is -5.45. The topological polar surface area (TPSA) is 253 Å². The van der Waals surface area contributed by atoms with E-state index in [2.05, 4.69) is 16.0 Å². The number of hydrogen-bond donors (Lipinski definition) is 7. The standard InChI is InChI=1S/C34H39N5O11.ClH/c1-17(2)11-21(35)31(42)36-23-13-19-9-10-26(24(14-19)39(47)48)50-27-16-20(15-25(40)30(27)49-3)28(29(41)34(45)46)38-33(44)22(37-32(23)43)12-18-7-5-4-6-8-18;/h4-10,14-17,21-23,28-29,40-41H,11-13,35H2,1-3H3,(H,36,42)(H,37,43)(H,38,44)(H,45,46);1H/t21-,22-,23+,28-,29+;/m1./s1. The van der Waals surface area contributed by atoms with Crippen LogP contribution in [0.3, 0.4) is 0 Å². The second-order valence-corrected chi connectivity index (χ2v) is 12.3. The van der Waals surface area contributed by atoms with Gasteiger partial charge in [-0.2, -0.15) is 0 Å². The van der Waals surface area contributed by atoms with E-state index in [-0.39, 0.29) is 59.5 Å². The molecule has 3 aromatic carbocycles. The van der Waals surface area contributed by atoms with Gasteiger partial charge in [-0.05, 0) is 47.2 Å². The van der Waals surface area contributed by atoms with Gasteiger partial charge in [0.2, 0.25) is 29.2 Å². The van der Waals surface area contributed by atoms with Crippen LogP contribution in [0, 0.1) is 16.0 Å². The number of nitrogens with one attached hydrogen (secondary N) is 3. The molecule has 16 nitrogen and oxygen atoms in total. The van der Waals surface area contributed by atoms with Gasteiger partial charge in [-0.3, -0.25) is 24.5 Å². The third-order valence-corrected chi connectivity index (χ3v) is 7.98. The van der Waals surface area contributed by atoms with Crippen LogP contribution in [0.25, 0.3) is 0 Å². The second kappa shape index (κ2) is 17.5. The minimum atomic E-state index is -2.28. The molecular weight excluding hydrogens is 690 g/mol. The van der Waals surface area contributed by atoms with E-state index in [1.54, 1.807) is 30.3 Å². The smallest absolute Gasteiger partial charge is 0.335 e. The van der Waals surface area contributed by atoms with Gasteiger partial charge in [0, 0.05) is 18.9 Å². The number of carbonyl (C=O) groups is 4. The van der Waals surface area contributed by atoms with E-state index < -0.39 is 70.3 Å². The van der Waals surface area contributed by atoms with Gasteiger partial charge in [0.1, 0.15) is 12.1 Å². The fourth-order valence-electron chi connectivity index (χ4n) is 5.52. The lowest BCUT2D eigenvalue weighted by Crippen LogP contribution is -2.57. The summed E-state index contributed by atoms with van der Waals surface area (Å²) in [4.78, 5) is 64.5. The predicted molar refractivity (Wildman–Crippen MR) is 185 cm³/mol. The summed E-state index contributed by atoms with van der Waals surface area (Å²) in [6.45, 7) is 3.73. The van der Waals surface area contributed by atoms with Gasteiger partial charge in [-0.15, -0.1) is 12.4 Å². The number of phenols is 1. The Kier molecular flexibility index (Phi) is 13.7. The molecule has 0 aliphatic carbocycles. The van der Waals surface area contributed by atoms with Crippen molar-refractivity contribution in [2.24, 2.45) is 11.7 Å². The van der Waals surface area contributed by atoms with Crippen LogP contribution in [0.2, 0.25) is 0 Å². The molecule has 2 heterocycles. The molecule has 2 aliphatic heterocycles. The van der Waals surface area contributed by atoms with Gasteiger partial charge in [0.05, 0.1) is 24.1 Å². The number of carboxylic acids is 1. The van der Waals surface area contributed by atoms with Gasteiger partial charge in [0.15, 0.2) is 17.6 Å². The molecule has 0 saturated carbocycles. The number of aliphatic carboxylic acids is 1. The van der Waals surface area contributed by atoms with Gasteiger partial charge in [-0.25, -0.2) is 4.79 Å². The number of methoxy groups -OCH3 is 1. The molecule has 5 atom stereocenters. The number of benzene rings is 3. The Bertz CT molecular complexity index is 1760. The number of rotatable bonds is 10. The number of nitro benzene ring substituents is 1. The van der Waals surface area contributed by atoms with Crippen molar-refractivity contribution in [3.8, 4) is 23.0 Å². The summed E-state index contributed by atoms with van der Waals surface area (Å²) >= 11 is 0. The fraction of sp³-hybridized carbons (Fsp3) is 0.353. The van der Waals surface area contributed by atoms with Crippen LogP contribution in [0.1, 0.15) is 43.0 Å². The molecule has 274 valence electrons. The van der Waals surface area contributed by atoms with Crippen LogP contribution in [0.5, 0.6) is 23.0 Å². The number of phenolic OH excluding ortho intramolecular Hbond substituents is 1. The molecule has 8 N–H and O–H groups in total. The Morgan fingerprint density at radius 2 is 1.76 bits per heavy atom. The third kappa shape index (κ3) is 10.1. The molecule has 0 radical (unpaired) electrons.